The third-order valence-electron chi connectivity index (χ3n) is 2.97. The summed E-state index contributed by atoms with van der Waals surface area (Å²) in [5.74, 6) is 1.33. The van der Waals surface area contributed by atoms with E-state index in [2.05, 4.69) is 22.0 Å². The van der Waals surface area contributed by atoms with Gasteiger partial charge in [-0.2, -0.15) is 4.98 Å². The number of hydrogen-bond donors (Lipinski definition) is 1. The third-order valence-corrected chi connectivity index (χ3v) is 2.97. The Hall–Kier alpha value is -1.75. The van der Waals surface area contributed by atoms with Gasteiger partial charge in [0.1, 0.15) is 0 Å². The Morgan fingerprint density at radius 2 is 2.17 bits per heavy atom. The second-order valence-corrected chi connectivity index (χ2v) is 4.61. The van der Waals surface area contributed by atoms with E-state index in [1.807, 2.05) is 26.1 Å². The molecule has 2 aromatic heterocycles. The Morgan fingerprint density at radius 1 is 1.39 bits per heavy atom. The number of hydrogen-bond acceptors (Lipinski definition) is 5. The zero-order chi connectivity index (χ0) is 13.1. The molecule has 0 spiro atoms. The second-order valence-electron chi connectivity index (χ2n) is 4.61. The first kappa shape index (κ1) is 12.7. The fraction of sp³-hybridized carbons (Fsp3) is 0.462. The summed E-state index contributed by atoms with van der Waals surface area (Å²) in [7, 11) is 0. The Balaban J connectivity index is 2.35. The van der Waals surface area contributed by atoms with Crippen molar-refractivity contribution < 1.29 is 4.52 Å². The van der Waals surface area contributed by atoms with Gasteiger partial charge < -0.3 is 10.3 Å². The maximum Gasteiger partial charge on any atom is 0.244 e. The average molecular weight is 246 g/mol. The lowest BCUT2D eigenvalue weighted by molar-refractivity contribution is 0.325. The molecule has 2 aromatic rings. The van der Waals surface area contributed by atoms with E-state index in [0.29, 0.717) is 11.7 Å². The summed E-state index contributed by atoms with van der Waals surface area (Å²) in [4.78, 5) is 8.48. The van der Waals surface area contributed by atoms with E-state index < -0.39 is 0 Å². The predicted molar refractivity (Wildman–Crippen MR) is 68.7 cm³/mol. The van der Waals surface area contributed by atoms with Crippen LogP contribution in [0.4, 0.5) is 0 Å². The summed E-state index contributed by atoms with van der Waals surface area (Å²) in [6, 6.07) is 1.67. The minimum absolute atomic E-state index is 0.224. The van der Waals surface area contributed by atoms with Crippen LogP contribution in [0.3, 0.4) is 0 Å². The highest BCUT2D eigenvalue weighted by Crippen LogP contribution is 2.23. The van der Waals surface area contributed by atoms with E-state index in [0.717, 1.165) is 17.5 Å². The molecule has 0 radical (unpaired) electrons. The van der Waals surface area contributed by atoms with Crippen LogP contribution >= 0.6 is 0 Å². The lowest BCUT2D eigenvalue weighted by atomic mass is 10.1. The lowest BCUT2D eigenvalue weighted by Crippen LogP contribution is -2.16. The van der Waals surface area contributed by atoms with Gasteiger partial charge in [0.05, 0.1) is 6.04 Å². The van der Waals surface area contributed by atoms with Crippen molar-refractivity contribution in [2.24, 2.45) is 11.7 Å². The zero-order valence-electron chi connectivity index (χ0n) is 10.9. The normalized spacial score (nSPS) is 12.9. The number of aromatic nitrogens is 3. The van der Waals surface area contributed by atoms with Crippen LogP contribution in [0.1, 0.15) is 38.3 Å². The number of rotatable bonds is 4. The van der Waals surface area contributed by atoms with Crippen molar-refractivity contribution in [3.63, 3.8) is 0 Å². The van der Waals surface area contributed by atoms with Gasteiger partial charge in [-0.15, -0.1) is 0 Å². The molecule has 0 amide bonds. The Kier molecular flexibility index (Phi) is 3.72. The van der Waals surface area contributed by atoms with Gasteiger partial charge in [-0.3, -0.25) is 4.98 Å². The molecular weight excluding hydrogens is 228 g/mol. The number of nitrogens with two attached hydrogens (primary N) is 1. The van der Waals surface area contributed by atoms with E-state index in [1.165, 1.54) is 0 Å². The largest absolute Gasteiger partial charge is 0.337 e. The summed E-state index contributed by atoms with van der Waals surface area (Å²) < 4.78 is 5.24. The standard InChI is InChI=1S/C13H18N4O/c1-4-9-7-15-6-5-10(9)12-16-13(18-17-12)11(14)8(2)3/h5-8,11H,4,14H2,1-3H3/t11-/m1/s1. The minimum Gasteiger partial charge on any atom is -0.337 e. The molecule has 0 bridgehead atoms. The van der Waals surface area contributed by atoms with Gasteiger partial charge >= 0.3 is 0 Å². The van der Waals surface area contributed by atoms with Crippen molar-refractivity contribution >= 4 is 0 Å². The molecule has 96 valence electrons. The minimum atomic E-state index is -0.224. The third kappa shape index (κ3) is 2.41. The summed E-state index contributed by atoms with van der Waals surface area (Å²) in [6.07, 6.45) is 4.43. The van der Waals surface area contributed by atoms with E-state index in [1.54, 1.807) is 6.20 Å². The molecule has 1 atom stereocenters. The quantitative estimate of drug-likeness (QED) is 0.895. The fourth-order valence-corrected chi connectivity index (χ4v) is 1.69. The maximum atomic E-state index is 5.99. The van der Waals surface area contributed by atoms with Gasteiger partial charge in [-0.05, 0) is 24.0 Å². The molecule has 0 aliphatic carbocycles. The number of pyridine rings is 1. The molecular formula is C13H18N4O. The van der Waals surface area contributed by atoms with Gasteiger partial charge in [0.15, 0.2) is 0 Å². The molecule has 2 heterocycles. The molecule has 0 aromatic carbocycles. The summed E-state index contributed by atoms with van der Waals surface area (Å²) in [6.45, 7) is 6.12. The molecule has 0 aliphatic heterocycles. The van der Waals surface area contributed by atoms with Crippen molar-refractivity contribution in [2.45, 2.75) is 33.2 Å². The first-order chi connectivity index (χ1) is 8.63. The van der Waals surface area contributed by atoms with Crippen molar-refractivity contribution in [3.8, 4) is 11.4 Å². The van der Waals surface area contributed by atoms with Gasteiger partial charge in [-0.1, -0.05) is 25.9 Å². The maximum absolute atomic E-state index is 5.99. The fourth-order valence-electron chi connectivity index (χ4n) is 1.69. The topological polar surface area (TPSA) is 77.8 Å². The monoisotopic (exact) mass is 246 g/mol. The number of nitrogens with zero attached hydrogens (tertiary/aromatic N) is 3. The summed E-state index contributed by atoms with van der Waals surface area (Å²) in [5.41, 5.74) is 8.05. The second kappa shape index (κ2) is 5.27. The van der Waals surface area contributed by atoms with Crippen LogP contribution in [-0.4, -0.2) is 15.1 Å². The molecule has 0 saturated carbocycles. The SMILES string of the molecule is CCc1cnccc1-c1noc([C@H](N)C(C)C)n1. The molecule has 18 heavy (non-hydrogen) atoms. The van der Waals surface area contributed by atoms with E-state index in [-0.39, 0.29) is 12.0 Å². The van der Waals surface area contributed by atoms with Gasteiger partial charge in [-0.25, -0.2) is 0 Å². The van der Waals surface area contributed by atoms with E-state index >= 15 is 0 Å². The van der Waals surface area contributed by atoms with E-state index in [9.17, 15) is 0 Å². The Labute approximate surface area is 106 Å². The molecule has 2 N–H and O–H groups in total. The van der Waals surface area contributed by atoms with Gasteiger partial charge in [0, 0.05) is 18.0 Å². The van der Waals surface area contributed by atoms with Crippen LogP contribution in [0.5, 0.6) is 0 Å². The molecule has 5 nitrogen and oxygen atoms in total. The van der Waals surface area contributed by atoms with Crippen LogP contribution in [0, 0.1) is 5.92 Å². The summed E-state index contributed by atoms with van der Waals surface area (Å²) in [5, 5.41) is 4.00. The predicted octanol–water partition coefficient (Wildman–Crippen LogP) is 2.35. The first-order valence-electron chi connectivity index (χ1n) is 6.16. The Morgan fingerprint density at radius 3 is 2.83 bits per heavy atom. The van der Waals surface area contributed by atoms with Crippen LogP contribution in [-0.2, 0) is 6.42 Å². The molecule has 0 fully saturated rings. The van der Waals surface area contributed by atoms with Crippen LogP contribution < -0.4 is 5.73 Å². The molecule has 0 aliphatic rings. The molecule has 0 unspecified atom stereocenters. The highest BCUT2D eigenvalue weighted by Gasteiger charge is 2.19. The van der Waals surface area contributed by atoms with Crippen molar-refractivity contribution in [1.82, 2.24) is 15.1 Å². The smallest absolute Gasteiger partial charge is 0.244 e. The highest BCUT2D eigenvalue weighted by atomic mass is 16.5. The zero-order valence-corrected chi connectivity index (χ0v) is 10.9. The number of aryl methyl sites for hydroxylation is 1. The van der Waals surface area contributed by atoms with Gasteiger partial charge in [0.2, 0.25) is 11.7 Å². The van der Waals surface area contributed by atoms with Crippen LogP contribution in [0.2, 0.25) is 0 Å². The lowest BCUT2D eigenvalue weighted by Gasteiger charge is -2.09. The first-order valence-corrected chi connectivity index (χ1v) is 6.16. The molecule has 0 saturated heterocycles. The molecule has 2 rings (SSSR count). The Bertz CT molecular complexity index is 521. The van der Waals surface area contributed by atoms with Crippen LogP contribution in [0.15, 0.2) is 23.0 Å². The van der Waals surface area contributed by atoms with Gasteiger partial charge in [0.25, 0.3) is 0 Å². The van der Waals surface area contributed by atoms with E-state index in [4.69, 9.17) is 10.3 Å². The highest BCUT2D eigenvalue weighted by molar-refractivity contribution is 5.58. The van der Waals surface area contributed by atoms with Crippen molar-refractivity contribution in [1.29, 1.82) is 0 Å². The average Bonchev–Trinajstić information content (AvgIpc) is 2.87. The molecule has 5 heteroatoms. The van der Waals surface area contributed by atoms with Crippen LogP contribution in [0.25, 0.3) is 11.4 Å². The summed E-state index contributed by atoms with van der Waals surface area (Å²) >= 11 is 0. The van der Waals surface area contributed by atoms with Crippen molar-refractivity contribution in [3.05, 3.63) is 29.9 Å². The van der Waals surface area contributed by atoms with Crippen molar-refractivity contribution in [2.75, 3.05) is 0 Å².